The van der Waals surface area contributed by atoms with E-state index in [1.807, 2.05) is 25.1 Å². The van der Waals surface area contributed by atoms with Crippen LogP contribution in [0.2, 0.25) is 0 Å². The van der Waals surface area contributed by atoms with Crippen molar-refractivity contribution in [3.63, 3.8) is 0 Å². The number of hydrogen-bond donors (Lipinski definition) is 2. The number of nitrogens with zero attached hydrogens (tertiary/aromatic N) is 1. The van der Waals surface area contributed by atoms with Gasteiger partial charge in [-0.05, 0) is 36.6 Å². The highest BCUT2D eigenvalue weighted by atomic mass is 16.2. The number of hydrogen-bond acceptors (Lipinski definition) is 3. The van der Waals surface area contributed by atoms with Gasteiger partial charge >= 0.3 is 0 Å². The number of carbonyl (C=O) groups excluding carboxylic acids is 2. The predicted molar refractivity (Wildman–Crippen MR) is 84.3 cm³/mol. The summed E-state index contributed by atoms with van der Waals surface area (Å²) in [6, 6.07) is 5.70. The molecule has 1 aromatic rings. The number of anilines is 2. The van der Waals surface area contributed by atoms with Gasteiger partial charge in [0.15, 0.2) is 0 Å². The van der Waals surface area contributed by atoms with Gasteiger partial charge in [0.1, 0.15) is 0 Å². The standard InChI is InChI=1S/C16H23N3O2/c1-3-4-13(10-17)16(21)18-14-5-6-15-12(9-14)7-8-19(15)11(2)20/h5-6,9,13H,3-4,7-8,10,17H2,1-2H3,(H,18,21). The molecule has 1 unspecified atom stereocenters. The summed E-state index contributed by atoms with van der Waals surface area (Å²) in [6.07, 6.45) is 2.56. The summed E-state index contributed by atoms with van der Waals surface area (Å²) in [5, 5.41) is 2.93. The number of nitrogens with one attached hydrogen (secondary N) is 1. The van der Waals surface area contributed by atoms with E-state index in [0.717, 1.165) is 36.2 Å². The molecule has 1 atom stereocenters. The second-order valence-electron chi connectivity index (χ2n) is 5.47. The monoisotopic (exact) mass is 289 g/mol. The fraction of sp³-hybridized carbons (Fsp3) is 0.500. The molecule has 5 nitrogen and oxygen atoms in total. The Morgan fingerprint density at radius 3 is 2.81 bits per heavy atom. The van der Waals surface area contributed by atoms with E-state index in [4.69, 9.17) is 5.73 Å². The molecule has 0 saturated heterocycles. The number of amides is 2. The van der Waals surface area contributed by atoms with Crippen LogP contribution < -0.4 is 16.0 Å². The third-order valence-electron chi connectivity index (χ3n) is 3.92. The minimum atomic E-state index is -0.142. The van der Waals surface area contributed by atoms with E-state index in [-0.39, 0.29) is 17.7 Å². The number of carbonyl (C=O) groups is 2. The zero-order valence-corrected chi connectivity index (χ0v) is 12.7. The van der Waals surface area contributed by atoms with E-state index in [1.165, 1.54) is 0 Å². The van der Waals surface area contributed by atoms with Crippen LogP contribution in [0.3, 0.4) is 0 Å². The summed E-state index contributed by atoms with van der Waals surface area (Å²) in [5.74, 6) is -0.116. The fourth-order valence-electron chi connectivity index (χ4n) is 2.76. The lowest BCUT2D eigenvalue weighted by Crippen LogP contribution is -2.29. The van der Waals surface area contributed by atoms with Crippen LogP contribution in [0.15, 0.2) is 18.2 Å². The van der Waals surface area contributed by atoms with Gasteiger partial charge in [0.25, 0.3) is 0 Å². The summed E-state index contributed by atoms with van der Waals surface area (Å²) in [4.78, 5) is 25.4. The molecule has 1 heterocycles. The van der Waals surface area contributed by atoms with Crippen molar-refractivity contribution in [2.45, 2.75) is 33.1 Å². The number of nitrogens with two attached hydrogens (primary N) is 1. The van der Waals surface area contributed by atoms with E-state index in [9.17, 15) is 9.59 Å². The van der Waals surface area contributed by atoms with E-state index in [1.54, 1.807) is 11.8 Å². The molecule has 0 radical (unpaired) electrons. The van der Waals surface area contributed by atoms with Crippen molar-refractivity contribution in [3.8, 4) is 0 Å². The van der Waals surface area contributed by atoms with E-state index >= 15 is 0 Å². The highest BCUT2D eigenvalue weighted by Gasteiger charge is 2.23. The molecule has 2 amide bonds. The van der Waals surface area contributed by atoms with Crippen LogP contribution in [0.4, 0.5) is 11.4 Å². The maximum absolute atomic E-state index is 12.2. The molecule has 3 N–H and O–H groups in total. The zero-order valence-electron chi connectivity index (χ0n) is 12.7. The molecule has 1 aliphatic heterocycles. The molecule has 0 spiro atoms. The molecule has 5 heteroatoms. The molecule has 114 valence electrons. The van der Waals surface area contributed by atoms with Gasteiger partial charge in [-0.2, -0.15) is 0 Å². The van der Waals surface area contributed by atoms with Crippen LogP contribution in [0, 0.1) is 5.92 Å². The normalized spacial score (nSPS) is 14.7. The predicted octanol–water partition coefficient (Wildman–Crippen LogP) is 1.91. The Kier molecular flexibility index (Phi) is 4.96. The molecule has 1 aromatic carbocycles. The summed E-state index contributed by atoms with van der Waals surface area (Å²) in [5.41, 5.74) is 8.48. The Morgan fingerprint density at radius 2 is 2.19 bits per heavy atom. The van der Waals surface area contributed by atoms with Crippen molar-refractivity contribution in [1.82, 2.24) is 0 Å². The minimum Gasteiger partial charge on any atom is -0.330 e. The summed E-state index contributed by atoms with van der Waals surface area (Å²) >= 11 is 0. The molecular formula is C16H23N3O2. The SMILES string of the molecule is CCCC(CN)C(=O)Nc1ccc2c(c1)CCN2C(C)=O. The molecule has 0 bridgehead atoms. The van der Waals surface area contributed by atoms with Gasteiger partial charge in [-0.25, -0.2) is 0 Å². The molecular weight excluding hydrogens is 266 g/mol. The molecule has 0 aliphatic carbocycles. The topological polar surface area (TPSA) is 75.4 Å². The van der Waals surface area contributed by atoms with Crippen molar-refractivity contribution >= 4 is 23.2 Å². The second kappa shape index (κ2) is 6.72. The number of fused-ring (bicyclic) bond motifs is 1. The second-order valence-corrected chi connectivity index (χ2v) is 5.47. The van der Waals surface area contributed by atoms with Crippen LogP contribution in [-0.4, -0.2) is 24.9 Å². The average molecular weight is 289 g/mol. The van der Waals surface area contributed by atoms with Crippen LogP contribution in [0.1, 0.15) is 32.3 Å². The molecule has 0 saturated carbocycles. The van der Waals surface area contributed by atoms with E-state index in [0.29, 0.717) is 13.1 Å². The van der Waals surface area contributed by atoms with Gasteiger partial charge in [0, 0.05) is 31.4 Å². The first-order valence-corrected chi connectivity index (χ1v) is 7.48. The average Bonchev–Trinajstić information content (AvgIpc) is 2.87. The fourth-order valence-corrected chi connectivity index (χ4v) is 2.76. The van der Waals surface area contributed by atoms with Gasteiger partial charge in [-0.1, -0.05) is 13.3 Å². The smallest absolute Gasteiger partial charge is 0.228 e. The first kappa shape index (κ1) is 15.5. The van der Waals surface area contributed by atoms with Gasteiger partial charge in [0.05, 0.1) is 5.92 Å². The third-order valence-corrected chi connectivity index (χ3v) is 3.92. The Balaban J connectivity index is 2.10. The van der Waals surface area contributed by atoms with Crippen molar-refractivity contribution in [3.05, 3.63) is 23.8 Å². The summed E-state index contributed by atoms with van der Waals surface area (Å²) in [6.45, 7) is 4.69. The largest absolute Gasteiger partial charge is 0.330 e. The van der Waals surface area contributed by atoms with Crippen molar-refractivity contribution in [2.75, 3.05) is 23.3 Å². The first-order chi connectivity index (χ1) is 10.1. The van der Waals surface area contributed by atoms with Crippen molar-refractivity contribution < 1.29 is 9.59 Å². The Bertz CT molecular complexity index is 542. The van der Waals surface area contributed by atoms with Crippen LogP contribution in [-0.2, 0) is 16.0 Å². The summed E-state index contributed by atoms with van der Waals surface area (Å²) in [7, 11) is 0. The number of rotatable bonds is 5. The lowest BCUT2D eigenvalue weighted by Gasteiger charge is -2.16. The highest BCUT2D eigenvalue weighted by Crippen LogP contribution is 2.30. The van der Waals surface area contributed by atoms with Crippen LogP contribution in [0.5, 0.6) is 0 Å². The molecule has 1 aliphatic rings. The molecule has 0 fully saturated rings. The minimum absolute atomic E-state index is 0.0271. The van der Waals surface area contributed by atoms with Gasteiger partial charge in [-0.15, -0.1) is 0 Å². The van der Waals surface area contributed by atoms with Crippen LogP contribution in [0.25, 0.3) is 0 Å². The highest BCUT2D eigenvalue weighted by molar-refractivity contribution is 5.96. The van der Waals surface area contributed by atoms with Gasteiger partial charge in [0.2, 0.25) is 11.8 Å². The zero-order chi connectivity index (χ0) is 15.4. The molecule has 21 heavy (non-hydrogen) atoms. The first-order valence-electron chi connectivity index (χ1n) is 7.48. The number of benzene rings is 1. The third kappa shape index (κ3) is 3.42. The van der Waals surface area contributed by atoms with Crippen LogP contribution >= 0.6 is 0 Å². The maximum Gasteiger partial charge on any atom is 0.228 e. The van der Waals surface area contributed by atoms with Gasteiger partial charge in [-0.3, -0.25) is 9.59 Å². The Morgan fingerprint density at radius 1 is 1.43 bits per heavy atom. The van der Waals surface area contributed by atoms with Gasteiger partial charge < -0.3 is 16.0 Å². The van der Waals surface area contributed by atoms with Crippen molar-refractivity contribution in [1.29, 1.82) is 0 Å². The molecule has 2 rings (SSSR count). The summed E-state index contributed by atoms with van der Waals surface area (Å²) < 4.78 is 0. The molecule has 0 aromatic heterocycles. The van der Waals surface area contributed by atoms with E-state index < -0.39 is 0 Å². The maximum atomic E-state index is 12.2. The Labute approximate surface area is 125 Å². The van der Waals surface area contributed by atoms with Crippen molar-refractivity contribution in [2.24, 2.45) is 11.7 Å². The quantitative estimate of drug-likeness (QED) is 0.869. The lowest BCUT2D eigenvalue weighted by molar-refractivity contribution is -0.120. The lowest BCUT2D eigenvalue weighted by atomic mass is 10.0. The Hall–Kier alpha value is -1.88. The van der Waals surface area contributed by atoms with E-state index in [2.05, 4.69) is 5.32 Å².